The second kappa shape index (κ2) is 12.0. The topological polar surface area (TPSA) is 87.7 Å². The highest BCUT2D eigenvalue weighted by atomic mass is 79.9. The van der Waals surface area contributed by atoms with Crippen LogP contribution in [0, 0.1) is 13.8 Å². The first-order valence-corrected chi connectivity index (χ1v) is 13.8. The molecule has 0 radical (unpaired) electrons. The fraction of sp³-hybridized carbons (Fsp3) is 0.333. The molecular weight excluding hydrogens is 560 g/mol. The van der Waals surface area contributed by atoms with Crippen molar-refractivity contribution in [1.29, 1.82) is 0 Å². The molecule has 0 fully saturated rings. The number of benzene rings is 2. The smallest absolute Gasteiger partial charge is 0.344 e. The van der Waals surface area contributed by atoms with Crippen LogP contribution in [0.2, 0.25) is 0 Å². The van der Waals surface area contributed by atoms with E-state index in [2.05, 4.69) is 32.5 Å². The number of aryl methyl sites for hydroxylation is 1. The predicted octanol–water partition coefficient (Wildman–Crippen LogP) is 6.29. The van der Waals surface area contributed by atoms with E-state index in [0.717, 1.165) is 33.5 Å². The minimum Gasteiger partial charge on any atom is -0.482 e. The Bertz CT molecular complexity index is 1590. The maximum atomic E-state index is 13.4. The third kappa shape index (κ3) is 6.30. The van der Waals surface area contributed by atoms with Crippen LogP contribution in [0.5, 0.6) is 5.75 Å². The molecular formula is C30H33BrN4O4. The zero-order valence-electron chi connectivity index (χ0n) is 23.1. The molecule has 4 rings (SSSR count). The van der Waals surface area contributed by atoms with E-state index in [9.17, 15) is 9.59 Å². The second-order valence-corrected chi connectivity index (χ2v) is 10.7. The second-order valence-electron chi connectivity index (χ2n) is 9.79. The van der Waals surface area contributed by atoms with E-state index in [1.54, 1.807) is 26.1 Å². The third-order valence-electron chi connectivity index (χ3n) is 6.49. The Morgan fingerprint density at radius 1 is 1.10 bits per heavy atom. The first-order valence-electron chi connectivity index (χ1n) is 13.0. The quantitative estimate of drug-likeness (QED) is 0.168. The van der Waals surface area contributed by atoms with Gasteiger partial charge in [0.15, 0.2) is 6.61 Å². The lowest BCUT2D eigenvalue weighted by atomic mass is 10.1. The van der Waals surface area contributed by atoms with Crippen molar-refractivity contribution in [3.63, 3.8) is 0 Å². The van der Waals surface area contributed by atoms with E-state index >= 15 is 0 Å². The molecule has 0 N–H and O–H groups in total. The number of hydrogen-bond donors (Lipinski definition) is 0. The molecule has 4 aromatic rings. The number of esters is 1. The van der Waals surface area contributed by atoms with E-state index < -0.39 is 5.97 Å². The van der Waals surface area contributed by atoms with E-state index in [0.29, 0.717) is 22.5 Å². The Labute approximate surface area is 236 Å². The molecule has 8 nitrogen and oxygen atoms in total. The molecule has 1 atom stereocenters. The summed E-state index contributed by atoms with van der Waals surface area (Å²) in [6.45, 7) is 11.6. The highest BCUT2D eigenvalue weighted by molar-refractivity contribution is 9.10. The van der Waals surface area contributed by atoms with Gasteiger partial charge in [-0.05, 0) is 82.6 Å². The normalized spacial score (nSPS) is 12.4. The average Bonchev–Trinajstić information content (AvgIpc) is 3.19. The van der Waals surface area contributed by atoms with Crippen molar-refractivity contribution in [3.8, 4) is 11.4 Å². The number of ether oxygens (including phenoxy) is 2. The summed E-state index contributed by atoms with van der Waals surface area (Å²) in [5, 5.41) is 5.15. The summed E-state index contributed by atoms with van der Waals surface area (Å²) in [4.78, 5) is 30.0. The first-order chi connectivity index (χ1) is 18.6. The average molecular weight is 594 g/mol. The number of nitrogens with zero attached hydrogens (tertiary/aromatic N) is 4. The molecule has 204 valence electrons. The molecule has 2 aromatic heterocycles. The van der Waals surface area contributed by atoms with Crippen LogP contribution in [-0.2, 0) is 9.53 Å². The summed E-state index contributed by atoms with van der Waals surface area (Å²) < 4.78 is 15.0. The molecule has 0 aliphatic heterocycles. The van der Waals surface area contributed by atoms with Gasteiger partial charge in [0.25, 0.3) is 5.56 Å². The molecule has 39 heavy (non-hydrogen) atoms. The van der Waals surface area contributed by atoms with Gasteiger partial charge in [-0.25, -0.2) is 9.78 Å². The van der Waals surface area contributed by atoms with Crippen molar-refractivity contribution in [3.05, 3.63) is 86.1 Å². The zero-order chi connectivity index (χ0) is 28.3. The number of hydrogen-bond acceptors (Lipinski definition) is 6. The van der Waals surface area contributed by atoms with E-state index in [1.165, 1.54) is 4.68 Å². The summed E-state index contributed by atoms with van der Waals surface area (Å²) >= 11 is 3.45. The molecule has 0 bridgehead atoms. The number of aromatic nitrogens is 3. The molecule has 0 spiro atoms. The standard InChI is InChI=1S/C30H33BrN4O4/c1-7-19(4)29-33-27-13-8-23(31)15-26(27)30(37)35(29)32-16-22-14-20(5)34(21(22)6)24-9-11-25(12-10-24)38-17-28(36)39-18(2)3/h8-16,18-19H,7,17H2,1-6H3/t19-/m0/s1. The van der Waals surface area contributed by atoms with Gasteiger partial charge >= 0.3 is 5.97 Å². The van der Waals surface area contributed by atoms with Crippen molar-refractivity contribution in [1.82, 2.24) is 14.2 Å². The van der Waals surface area contributed by atoms with Crippen molar-refractivity contribution in [2.45, 2.75) is 60.0 Å². The zero-order valence-corrected chi connectivity index (χ0v) is 24.7. The highest BCUT2D eigenvalue weighted by Crippen LogP contribution is 2.24. The van der Waals surface area contributed by atoms with Gasteiger partial charge in [0.2, 0.25) is 0 Å². The minimum absolute atomic E-state index is 0.0586. The molecule has 0 saturated carbocycles. The lowest BCUT2D eigenvalue weighted by Gasteiger charge is -2.14. The summed E-state index contributed by atoms with van der Waals surface area (Å²) in [7, 11) is 0. The molecule has 9 heteroatoms. The molecule has 2 aromatic carbocycles. The molecule has 0 saturated heterocycles. The minimum atomic E-state index is -0.403. The highest BCUT2D eigenvalue weighted by Gasteiger charge is 2.16. The van der Waals surface area contributed by atoms with Crippen molar-refractivity contribution < 1.29 is 14.3 Å². The van der Waals surface area contributed by atoms with Gasteiger partial charge in [-0.15, -0.1) is 0 Å². The number of halogens is 1. The number of carbonyl (C=O) groups is 1. The number of fused-ring (bicyclic) bond motifs is 1. The lowest BCUT2D eigenvalue weighted by Crippen LogP contribution is -2.23. The fourth-order valence-corrected chi connectivity index (χ4v) is 4.71. The van der Waals surface area contributed by atoms with Gasteiger partial charge < -0.3 is 14.0 Å². The van der Waals surface area contributed by atoms with Crippen LogP contribution in [0.4, 0.5) is 0 Å². The van der Waals surface area contributed by atoms with Crippen LogP contribution in [0.25, 0.3) is 16.6 Å². The van der Waals surface area contributed by atoms with E-state index in [-0.39, 0.29) is 24.2 Å². The molecule has 0 unspecified atom stereocenters. The van der Waals surface area contributed by atoms with Gasteiger partial charge in [0.05, 0.1) is 23.2 Å². The fourth-order valence-electron chi connectivity index (χ4n) is 4.35. The van der Waals surface area contributed by atoms with Crippen molar-refractivity contribution in [2.75, 3.05) is 6.61 Å². The molecule has 2 heterocycles. The lowest BCUT2D eigenvalue weighted by molar-refractivity contribution is -0.149. The van der Waals surface area contributed by atoms with Gasteiger partial charge in [0.1, 0.15) is 11.6 Å². The summed E-state index contributed by atoms with van der Waals surface area (Å²) in [6, 6.07) is 15.1. The SMILES string of the molecule is CC[C@H](C)c1nc2ccc(Br)cc2c(=O)n1N=Cc1cc(C)n(-c2ccc(OCC(=O)OC(C)C)cc2)c1C. The van der Waals surface area contributed by atoms with E-state index in [1.807, 2.05) is 63.2 Å². The van der Waals surface area contributed by atoms with Gasteiger partial charge in [-0.3, -0.25) is 4.79 Å². The van der Waals surface area contributed by atoms with Crippen LogP contribution >= 0.6 is 15.9 Å². The van der Waals surface area contributed by atoms with Crippen LogP contribution in [-0.4, -0.2) is 39.1 Å². The Balaban J connectivity index is 1.64. The third-order valence-corrected chi connectivity index (χ3v) is 6.98. The molecule has 0 amide bonds. The maximum absolute atomic E-state index is 13.4. The Kier molecular flexibility index (Phi) is 8.70. The van der Waals surface area contributed by atoms with Gasteiger partial charge in [-0.2, -0.15) is 9.78 Å². The van der Waals surface area contributed by atoms with Gasteiger partial charge in [-0.1, -0.05) is 29.8 Å². The Morgan fingerprint density at radius 2 is 1.82 bits per heavy atom. The Morgan fingerprint density at radius 3 is 2.49 bits per heavy atom. The largest absolute Gasteiger partial charge is 0.482 e. The Hall–Kier alpha value is -3.72. The predicted molar refractivity (Wildman–Crippen MR) is 157 cm³/mol. The maximum Gasteiger partial charge on any atom is 0.344 e. The monoisotopic (exact) mass is 592 g/mol. The van der Waals surface area contributed by atoms with Crippen LogP contribution in [0.15, 0.2) is 62.9 Å². The molecule has 0 aliphatic carbocycles. The van der Waals surface area contributed by atoms with Crippen LogP contribution in [0.1, 0.15) is 62.8 Å². The van der Waals surface area contributed by atoms with Crippen molar-refractivity contribution in [2.24, 2.45) is 5.10 Å². The summed E-state index contributed by atoms with van der Waals surface area (Å²) in [6.07, 6.45) is 2.37. The van der Waals surface area contributed by atoms with Crippen molar-refractivity contribution >= 4 is 39.0 Å². The first kappa shape index (κ1) is 28.3. The molecule has 0 aliphatic rings. The van der Waals surface area contributed by atoms with Crippen LogP contribution < -0.4 is 10.3 Å². The number of carbonyl (C=O) groups excluding carboxylic acids is 1. The summed E-state index contributed by atoms with van der Waals surface area (Å²) in [5.41, 5.74) is 4.28. The van der Waals surface area contributed by atoms with Gasteiger partial charge in [0, 0.05) is 33.0 Å². The summed E-state index contributed by atoms with van der Waals surface area (Å²) in [5.74, 6) is 0.870. The number of rotatable bonds is 9. The van der Waals surface area contributed by atoms with Crippen LogP contribution in [0.3, 0.4) is 0 Å². The van der Waals surface area contributed by atoms with E-state index in [4.69, 9.17) is 14.5 Å².